The largest absolute Gasteiger partial charge is 0.122 e. The highest BCUT2D eigenvalue weighted by atomic mass is 35.5. The van der Waals surface area contributed by atoms with E-state index in [0.717, 1.165) is 12.8 Å². The molecule has 0 radical (unpaired) electrons. The summed E-state index contributed by atoms with van der Waals surface area (Å²) in [6.45, 7) is 0. The van der Waals surface area contributed by atoms with Crippen LogP contribution in [0.1, 0.15) is 27.8 Å². The van der Waals surface area contributed by atoms with E-state index in [9.17, 15) is 0 Å². The van der Waals surface area contributed by atoms with E-state index >= 15 is 0 Å². The summed E-state index contributed by atoms with van der Waals surface area (Å²) in [5.74, 6) is 0.563. The Hall–Kier alpha value is -2.05. The van der Waals surface area contributed by atoms with Gasteiger partial charge in [-0.05, 0) is 40.7 Å². The highest BCUT2D eigenvalue weighted by Crippen LogP contribution is 2.20. The summed E-state index contributed by atoms with van der Waals surface area (Å²) in [5, 5.41) is 0. The molecule has 0 nitrogen and oxygen atoms in total. The lowest BCUT2D eigenvalue weighted by molar-refractivity contribution is 1.08. The molecule has 0 aliphatic carbocycles. The van der Waals surface area contributed by atoms with Crippen LogP contribution < -0.4 is 0 Å². The second-order valence-corrected chi connectivity index (χ2v) is 5.83. The Morgan fingerprint density at radius 3 is 1.64 bits per heavy atom. The SMILES string of the molecule is ClCc1ccc(Cc2ccccc2)c(Cc2ccccc2)c1. The monoisotopic (exact) mass is 306 g/mol. The standard InChI is InChI=1S/C21H19Cl/c22-16-19-11-12-20(13-17-7-3-1-4-8-17)21(15-19)14-18-9-5-2-6-10-18/h1-12,15H,13-14,16H2. The average Bonchev–Trinajstić information content (AvgIpc) is 2.58. The molecule has 0 aliphatic heterocycles. The predicted molar refractivity (Wildman–Crippen MR) is 94.5 cm³/mol. The lowest BCUT2D eigenvalue weighted by atomic mass is 9.94. The smallest absolute Gasteiger partial charge is 0.0474 e. The minimum Gasteiger partial charge on any atom is -0.122 e. The summed E-state index contributed by atoms with van der Waals surface area (Å²) in [6.07, 6.45) is 1.92. The first-order chi connectivity index (χ1) is 10.8. The van der Waals surface area contributed by atoms with Crippen molar-refractivity contribution in [2.75, 3.05) is 0 Å². The zero-order valence-corrected chi connectivity index (χ0v) is 13.3. The van der Waals surface area contributed by atoms with Gasteiger partial charge in [0.15, 0.2) is 0 Å². The Kier molecular flexibility index (Phi) is 4.92. The molecule has 0 aromatic heterocycles. The molecule has 3 aromatic rings. The van der Waals surface area contributed by atoms with Gasteiger partial charge < -0.3 is 0 Å². The van der Waals surface area contributed by atoms with Gasteiger partial charge in [-0.2, -0.15) is 0 Å². The second-order valence-electron chi connectivity index (χ2n) is 5.56. The van der Waals surface area contributed by atoms with Crippen LogP contribution in [0.5, 0.6) is 0 Å². The van der Waals surface area contributed by atoms with Crippen LogP contribution in [0.2, 0.25) is 0 Å². The van der Waals surface area contributed by atoms with Crippen LogP contribution in [0.25, 0.3) is 0 Å². The van der Waals surface area contributed by atoms with Gasteiger partial charge in [-0.1, -0.05) is 78.9 Å². The maximum Gasteiger partial charge on any atom is 0.0474 e. The lowest BCUT2D eigenvalue weighted by Crippen LogP contribution is -1.98. The van der Waals surface area contributed by atoms with Crippen LogP contribution in [0.15, 0.2) is 78.9 Å². The molecule has 0 bridgehead atoms. The predicted octanol–water partition coefficient (Wildman–Crippen LogP) is 5.61. The molecule has 0 spiro atoms. The van der Waals surface area contributed by atoms with E-state index in [0.29, 0.717) is 5.88 Å². The third-order valence-electron chi connectivity index (χ3n) is 3.90. The number of halogens is 1. The van der Waals surface area contributed by atoms with E-state index in [4.69, 9.17) is 11.6 Å². The van der Waals surface area contributed by atoms with Crippen molar-refractivity contribution in [2.45, 2.75) is 18.7 Å². The first-order valence-corrected chi connectivity index (χ1v) is 8.13. The Morgan fingerprint density at radius 1 is 0.545 bits per heavy atom. The minimum absolute atomic E-state index is 0.563. The molecule has 0 saturated carbocycles. The lowest BCUT2D eigenvalue weighted by Gasteiger charge is -2.12. The van der Waals surface area contributed by atoms with Crippen molar-refractivity contribution >= 4 is 11.6 Å². The molecule has 0 heterocycles. The average molecular weight is 307 g/mol. The number of hydrogen-bond donors (Lipinski definition) is 0. The van der Waals surface area contributed by atoms with E-state index in [2.05, 4.69) is 78.9 Å². The van der Waals surface area contributed by atoms with Crippen molar-refractivity contribution in [1.29, 1.82) is 0 Å². The molecule has 0 N–H and O–H groups in total. The van der Waals surface area contributed by atoms with Crippen molar-refractivity contribution in [2.24, 2.45) is 0 Å². The molecule has 0 aliphatic rings. The fourth-order valence-corrected chi connectivity index (χ4v) is 2.90. The summed E-state index contributed by atoms with van der Waals surface area (Å²) in [4.78, 5) is 0. The Morgan fingerprint density at radius 2 is 1.09 bits per heavy atom. The molecule has 3 aromatic carbocycles. The zero-order valence-electron chi connectivity index (χ0n) is 12.5. The summed E-state index contributed by atoms with van der Waals surface area (Å²) in [7, 11) is 0. The van der Waals surface area contributed by atoms with Gasteiger partial charge in [0.2, 0.25) is 0 Å². The van der Waals surface area contributed by atoms with Crippen LogP contribution in [0.3, 0.4) is 0 Å². The van der Waals surface area contributed by atoms with Gasteiger partial charge in [-0.15, -0.1) is 11.6 Å². The highest BCUT2D eigenvalue weighted by Gasteiger charge is 2.06. The van der Waals surface area contributed by atoms with Crippen molar-refractivity contribution in [3.05, 3.63) is 107 Å². The molecular weight excluding hydrogens is 288 g/mol. The van der Waals surface area contributed by atoms with Crippen LogP contribution in [-0.2, 0) is 18.7 Å². The molecule has 1 heteroatoms. The Bertz CT molecular complexity index is 717. The molecule has 0 atom stereocenters. The normalized spacial score (nSPS) is 10.6. The van der Waals surface area contributed by atoms with E-state index < -0.39 is 0 Å². The Labute approximate surface area is 137 Å². The molecule has 0 fully saturated rings. The van der Waals surface area contributed by atoms with Crippen molar-refractivity contribution < 1.29 is 0 Å². The molecule has 110 valence electrons. The van der Waals surface area contributed by atoms with Crippen LogP contribution >= 0.6 is 11.6 Å². The summed E-state index contributed by atoms with van der Waals surface area (Å²) in [6, 6.07) is 27.8. The number of hydrogen-bond acceptors (Lipinski definition) is 0. The third kappa shape index (κ3) is 3.78. The topological polar surface area (TPSA) is 0 Å². The van der Waals surface area contributed by atoms with Crippen LogP contribution in [-0.4, -0.2) is 0 Å². The zero-order chi connectivity index (χ0) is 15.2. The van der Waals surface area contributed by atoms with Gasteiger partial charge in [-0.3, -0.25) is 0 Å². The number of rotatable bonds is 5. The van der Waals surface area contributed by atoms with Crippen molar-refractivity contribution in [3.63, 3.8) is 0 Å². The van der Waals surface area contributed by atoms with Gasteiger partial charge >= 0.3 is 0 Å². The van der Waals surface area contributed by atoms with Crippen LogP contribution in [0, 0.1) is 0 Å². The maximum absolute atomic E-state index is 6.01. The quantitative estimate of drug-likeness (QED) is 0.538. The minimum atomic E-state index is 0.563. The molecular formula is C21H19Cl. The summed E-state index contributed by atoms with van der Waals surface area (Å²) in [5.41, 5.74) is 6.61. The first-order valence-electron chi connectivity index (χ1n) is 7.59. The van der Waals surface area contributed by atoms with Gasteiger partial charge in [0.05, 0.1) is 0 Å². The Balaban J connectivity index is 1.91. The van der Waals surface area contributed by atoms with E-state index in [1.165, 1.54) is 27.8 Å². The molecule has 0 saturated heterocycles. The van der Waals surface area contributed by atoms with Crippen LogP contribution in [0.4, 0.5) is 0 Å². The summed E-state index contributed by atoms with van der Waals surface area (Å²) >= 11 is 6.01. The number of benzene rings is 3. The van der Waals surface area contributed by atoms with Gasteiger partial charge in [-0.25, -0.2) is 0 Å². The van der Waals surface area contributed by atoms with Gasteiger partial charge in [0.1, 0.15) is 0 Å². The molecule has 0 amide bonds. The maximum atomic E-state index is 6.01. The fourth-order valence-electron chi connectivity index (χ4n) is 2.73. The molecule has 22 heavy (non-hydrogen) atoms. The van der Waals surface area contributed by atoms with E-state index in [1.807, 2.05) is 0 Å². The van der Waals surface area contributed by atoms with Crippen molar-refractivity contribution in [1.82, 2.24) is 0 Å². The van der Waals surface area contributed by atoms with E-state index in [1.54, 1.807) is 0 Å². The van der Waals surface area contributed by atoms with Gasteiger partial charge in [0, 0.05) is 5.88 Å². The number of alkyl halides is 1. The third-order valence-corrected chi connectivity index (χ3v) is 4.21. The summed E-state index contributed by atoms with van der Waals surface area (Å²) < 4.78 is 0. The first kappa shape index (κ1) is 14.9. The van der Waals surface area contributed by atoms with Gasteiger partial charge in [0.25, 0.3) is 0 Å². The fraction of sp³-hybridized carbons (Fsp3) is 0.143. The molecule has 0 unspecified atom stereocenters. The highest BCUT2D eigenvalue weighted by molar-refractivity contribution is 6.17. The molecule has 3 rings (SSSR count). The second kappa shape index (κ2) is 7.29. The van der Waals surface area contributed by atoms with E-state index in [-0.39, 0.29) is 0 Å². The van der Waals surface area contributed by atoms with Crippen molar-refractivity contribution in [3.8, 4) is 0 Å².